The molecule has 7 rings (SSSR count). The smallest absolute Gasteiger partial charge is 0.388 e. The average Bonchev–Trinajstić information content (AvgIpc) is 3.76. The highest BCUT2D eigenvalue weighted by Gasteiger charge is 2.53. The van der Waals surface area contributed by atoms with Crippen molar-refractivity contribution in [3.63, 3.8) is 0 Å². The summed E-state index contributed by atoms with van der Waals surface area (Å²) in [6.07, 6.45) is -8.27. The molecule has 45 heavy (non-hydrogen) atoms. The van der Waals surface area contributed by atoms with Gasteiger partial charge < -0.3 is 19.3 Å². The molecule has 0 bridgehead atoms. The molecule has 2 aliphatic heterocycles. The lowest BCUT2D eigenvalue weighted by Gasteiger charge is -2.47. The van der Waals surface area contributed by atoms with Gasteiger partial charge in [-0.1, -0.05) is 58.7 Å². The summed E-state index contributed by atoms with van der Waals surface area (Å²) < 4.78 is 63.7. The predicted octanol–water partition coefficient (Wildman–Crippen LogP) is 5.77. The van der Waals surface area contributed by atoms with Crippen LogP contribution in [0.25, 0.3) is 16.4 Å². The third-order valence-electron chi connectivity index (χ3n) is 7.57. The van der Waals surface area contributed by atoms with Gasteiger partial charge in [-0.25, -0.2) is 9.67 Å². The van der Waals surface area contributed by atoms with Gasteiger partial charge in [-0.15, -0.1) is 26.6 Å². The Hall–Kier alpha value is -3.44. The molecule has 3 aromatic heterocycles. The van der Waals surface area contributed by atoms with Crippen LogP contribution in [0.4, 0.5) is 13.2 Å². The van der Waals surface area contributed by atoms with E-state index in [1.54, 1.807) is 11.6 Å². The molecule has 2 saturated heterocycles. The number of aliphatic hydroxyl groups is 1. The quantitative estimate of drug-likeness (QED) is 0.247. The zero-order valence-corrected chi connectivity index (χ0v) is 25.4. The highest BCUT2D eigenvalue weighted by Crippen LogP contribution is 2.45. The van der Waals surface area contributed by atoms with E-state index in [1.165, 1.54) is 33.6 Å². The number of rotatable bonds is 5. The topological polar surface area (TPSA) is 122 Å². The van der Waals surface area contributed by atoms with Crippen LogP contribution < -0.4 is 0 Å². The number of ether oxygens (including phenoxy) is 3. The molecule has 1 N–H and O–H groups in total. The van der Waals surface area contributed by atoms with Gasteiger partial charge in [0.1, 0.15) is 52.1 Å². The minimum atomic E-state index is -4.72. The second-order valence-corrected chi connectivity index (χ2v) is 12.1. The molecule has 5 aromatic rings. The second kappa shape index (κ2) is 11.7. The van der Waals surface area contributed by atoms with E-state index < -0.39 is 48.5 Å². The molecule has 0 spiro atoms. The van der Waals surface area contributed by atoms with Crippen LogP contribution in [0.3, 0.4) is 0 Å². The van der Waals surface area contributed by atoms with Gasteiger partial charge in [0.25, 0.3) is 0 Å². The SMILES string of the molecule is Cc1nnc([C@@H]2OC3COC(c4ccccc4)O[C@@H]3[C@H](n3cc(-c4nc(Cl)cs4)nn3)C2O)n1-c1cc(Cl)ccc1C(F)(F)F. The largest absolute Gasteiger partial charge is 0.418 e. The van der Waals surface area contributed by atoms with Crippen LogP contribution in [0.5, 0.6) is 0 Å². The fourth-order valence-corrected chi connectivity index (χ4v) is 6.66. The molecule has 0 aliphatic carbocycles. The van der Waals surface area contributed by atoms with Crippen molar-refractivity contribution in [1.29, 1.82) is 0 Å². The van der Waals surface area contributed by atoms with Crippen molar-refractivity contribution in [2.45, 2.75) is 49.8 Å². The maximum Gasteiger partial charge on any atom is 0.418 e. The van der Waals surface area contributed by atoms with Gasteiger partial charge in [0, 0.05) is 16.0 Å². The number of fused-ring (bicyclic) bond motifs is 1. The molecule has 17 heteroatoms. The molecular weight excluding hydrogens is 658 g/mol. The van der Waals surface area contributed by atoms with E-state index in [2.05, 4.69) is 25.5 Å². The van der Waals surface area contributed by atoms with E-state index in [1.807, 2.05) is 30.3 Å². The predicted molar refractivity (Wildman–Crippen MR) is 155 cm³/mol. The molecule has 234 valence electrons. The molecule has 2 aliphatic rings. The fraction of sp³-hybridized carbons (Fsp3) is 0.321. The van der Waals surface area contributed by atoms with Crippen LogP contribution in [0.2, 0.25) is 10.2 Å². The van der Waals surface area contributed by atoms with Gasteiger partial charge >= 0.3 is 6.18 Å². The average molecular weight is 680 g/mol. The molecule has 2 fully saturated rings. The number of nitrogens with zero attached hydrogens (tertiary/aromatic N) is 7. The van der Waals surface area contributed by atoms with Gasteiger partial charge in [0.2, 0.25) is 0 Å². The number of halogens is 5. The third-order valence-corrected chi connectivity index (χ3v) is 8.99. The highest BCUT2D eigenvalue weighted by molar-refractivity contribution is 7.13. The van der Waals surface area contributed by atoms with E-state index >= 15 is 0 Å². The Kier molecular flexibility index (Phi) is 7.88. The summed E-state index contributed by atoms with van der Waals surface area (Å²) in [6.45, 7) is 1.53. The Morgan fingerprint density at radius 1 is 1.04 bits per heavy atom. The number of alkyl halides is 3. The first kappa shape index (κ1) is 30.2. The van der Waals surface area contributed by atoms with Crippen LogP contribution in [-0.2, 0) is 20.4 Å². The van der Waals surface area contributed by atoms with Crippen molar-refractivity contribution >= 4 is 34.5 Å². The van der Waals surface area contributed by atoms with E-state index in [-0.39, 0.29) is 29.0 Å². The fourth-order valence-electron chi connectivity index (χ4n) is 5.59. The van der Waals surface area contributed by atoms with Crippen molar-refractivity contribution < 1.29 is 32.5 Å². The summed E-state index contributed by atoms with van der Waals surface area (Å²) in [5, 5.41) is 31.2. The van der Waals surface area contributed by atoms with Crippen LogP contribution in [0, 0.1) is 6.92 Å². The van der Waals surface area contributed by atoms with Crippen LogP contribution >= 0.6 is 34.5 Å². The van der Waals surface area contributed by atoms with E-state index in [9.17, 15) is 18.3 Å². The van der Waals surface area contributed by atoms with Gasteiger partial charge in [0.05, 0.1) is 24.1 Å². The number of aromatic nitrogens is 7. The molecule has 0 amide bonds. The Balaban J connectivity index is 1.31. The summed E-state index contributed by atoms with van der Waals surface area (Å²) in [6, 6.07) is 11.5. The minimum Gasteiger partial charge on any atom is -0.388 e. The summed E-state index contributed by atoms with van der Waals surface area (Å²) >= 11 is 13.4. The first-order chi connectivity index (χ1) is 21.6. The molecule has 0 saturated carbocycles. The van der Waals surface area contributed by atoms with Crippen LogP contribution in [0.15, 0.2) is 60.1 Å². The van der Waals surface area contributed by atoms with E-state index in [0.717, 1.165) is 17.7 Å². The molecule has 11 nitrogen and oxygen atoms in total. The van der Waals surface area contributed by atoms with Gasteiger partial charge in [0.15, 0.2) is 12.1 Å². The van der Waals surface area contributed by atoms with E-state index in [4.69, 9.17) is 37.4 Å². The molecule has 2 aromatic carbocycles. The maximum absolute atomic E-state index is 14.1. The monoisotopic (exact) mass is 679 g/mol. The highest BCUT2D eigenvalue weighted by atomic mass is 35.5. The zero-order chi connectivity index (χ0) is 31.5. The number of hydrogen-bond acceptors (Lipinski definition) is 10. The summed E-state index contributed by atoms with van der Waals surface area (Å²) in [7, 11) is 0. The number of hydrogen-bond donors (Lipinski definition) is 1. The number of benzene rings is 2. The molecule has 0 radical (unpaired) electrons. The lowest BCUT2D eigenvalue weighted by Crippen LogP contribution is -2.57. The normalized spacial score (nSPS) is 25.3. The van der Waals surface area contributed by atoms with Crippen LogP contribution in [-0.4, -0.2) is 64.8 Å². The van der Waals surface area contributed by atoms with Crippen molar-refractivity contribution in [2.24, 2.45) is 0 Å². The van der Waals surface area contributed by atoms with Gasteiger partial charge in [-0.05, 0) is 25.1 Å². The second-order valence-electron chi connectivity index (χ2n) is 10.4. The molecule has 3 unspecified atom stereocenters. The molecule has 5 heterocycles. The lowest BCUT2D eigenvalue weighted by atomic mass is 9.91. The van der Waals surface area contributed by atoms with Crippen LogP contribution in [0.1, 0.15) is 41.2 Å². The summed E-state index contributed by atoms with van der Waals surface area (Å²) in [5.74, 6) is 0.0460. The number of thiazole rings is 1. The van der Waals surface area contributed by atoms with Crippen molar-refractivity contribution in [1.82, 2.24) is 34.7 Å². The minimum absolute atomic E-state index is 0.0334. The Bertz CT molecular complexity index is 1840. The number of aliphatic hydroxyl groups excluding tert-OH is 1. The first-order valence-electron chi connectivity index (χ1n) is 13.6. The first-order valence-corrected chi connectivity index (χ1v) is 15.2. The summed E-state index contributed by atoms with van der Waals surface area (Å²) in [5.41, 5.74) is -0.128. The Morgan fingerprint density at radius 3 is 2.58 bits per heavy atom. The van der Waals surface area contributed by atoms with Gasteiger partial charge in [-0.2, -0.15) is 13.2 Å². The summed E-state index contributed by atoms with van der Waals surface area (Å²) in [4.78, 5) is 4.24. The number of aryl methyl sites for hydroxylation is 1. The van der Waals surface area contributed by atoms with E-state index in [0.29, 0.717) is 15.9 Å². The Morgan fingerprint density at radius 2 is 1.84 bits per heavy atom. The standard InChI is InChI=1S/C28H22Cl2F3N7O4S/c1-13-35-37-25(40(13)18-9-15(29)7-8-16(18)28(31,32)33)24-22(41)21(39-10-17(36-38-39)26-34-20(30)12-45-26)23-19(43-24)11-42-27(44-23)14-5-3-2-4-6-14/h2-10,12,19,21-24,27,41H,11H2,1H3/t19?,21-,22?,23+,24-,27?/m1/s1. The van der Waals surface area contributed by atoms with Crippen molar-refractivity contribution in [3.05, 3.63) is 93.1 Å². The maximum atomic E-state index is 14.1. The van der Waals surface area contributed by atoms with Crippen molar-refractivity contribution in [2.75, 3.05) is 6.61 Å². The van der Waals surface area contributed by atoms with Crippen molar-refractivity contribution in [3.8, 4) is 16.4 Å². The molecule has 6 atom stereocenters. The van der Waals surface area contributed by atoms with Gasteiger partial charge in [-0.3, -0.25) is 4.57 Å². The molecular formula is C28H22Cl2F3N7O4S. The zero-order valence-electron chi connectivity index (χ0n) is 23.0. The Labute approximate surface area is 267 Å². The lowest BCUT2D eigenvalue weighted by molar-refractivity contribution is -0.319. The third kappa shape index (κ3) is 5.62.